The number of sulfone groups is 1. The Hall–Kier alpha value is -3.62. The average Bonchev–Trinajstić information content (AvgIpc) is 2.77. The molecule has 4 aromatic rings. The fraction of sp³-hybridized carbons (Fsp3) is 0.0800. The molecule has 0 fully saturated rings. The molecule has 0 saturated heterocycles. The maximum Gasteiger partial charge on any atom is 0.259 e. The Morgan fingerprint density at radius 3 is 2.27 bits per heavy atom. The van der Waals surface area contributed by atoms with Crippen molar-refractivity contribution in [2.75, 3.05) is 0 Å². The van der Waals surface area contributed by atoms with Crippen LogP contribution in [0.25, 0.3) is 10.8 Å². The smallest absolute Gasteiger partial charge is 0.259 e. The number of hydrogen-bond donors (Lipinski definition) is 0. The summed E-state index contributed by atoms with van der Waals surface area (Å²) in [6.45, 7) is 0. The third kappa shape index (κ3) is 4.35. The largest absolute Gasteiger partial charge is 0.300 e. The van der Waals surface area contributed by atoms with Crippen LogP contribution >= 0.6 is 0 Å². The molecular weight excluding hydrogens is 394 g/mol. The van der Waals surface area contributed by atoms with Gasteiger partial charge in [-0.15, -0.1) is 0 Å². The molecule has 0 radical (unpaired) electrons. The van der Waals surface area contributed by atoms with E-state index in [-0.39, 0.29) is 10.5 Å². The molecule has 0 spiro atoms. The predicted octanol–water partition coefficient (Wildman–Crippen LogP) is 4.03. The molecule has 148 valence electrons. The van der Waals surface area contributed by atoms with E-state index in [0.717, 1.165) is 16.5 Å². The Morgan fingerprint density at radius 1 is 0.833 bits per heavy atom. The number of nitrogens with zero attached hydrogens (tertiary/aromatic N) is 1. The molecule has 30 heavy (non-hydrogen) atoms. The highest BCUT2D eigenvalue weighted by atomic mass is 32.2. The SMILES string of the molecule is O=c1c2cc(C#CCc3ccccc3)ccc2ccn1CS(=O)(=O)c1ccccc1. The first-order chi connectivity index (χ1) is 14.5. The highest BCUT2D eigenvalue weighted by Gasteiger charge is 2.16. The maximum atomic E-state index is 12.9. The van der Waals surface area contributed by atoms with Gasteiger partial charge < -0.3 is 0 Å². The molecule has 0 aliphatic carbocycles. The van der Waals surface area contributed by atoms with E-state index in [1.165, 1.54) is 22.9 Å². The molecule has 0 unspecified atom stereocenters. The molecule has 0 saturated carbocycles. The predicted molar refractivity (Wildman–Crippen MR) is 119 cm³/mol. The quantitative estimate of drug-likeness (QED) is 0.475. The minimum absolute atomic E-state index is 0.192. The van der Waals surface area contributed by atoms with E-state index >= 15 is 0 Å². The minimum atomic E-state index is -3.62. The molecule has 5 heteroatoms. The van der Waals surface area contributed by atoms with Crippen LogP contribution in [-0.4, -0.2) is 13.0 Å². The lowest BCUT2D eigenvalue weighted by Gasteiger charge is -2.09. The van der Waals surface area contributed by atoms with E-state index in [1.807, 2.05) is 42.5 Å². The summed E-state index contributed by atoms with van der Waals surface area (Å²) in [5, 5.41) is 1.20. The Balaban J connectivity index is 1.64. The highest BCUT2D eigenvalue weighted by molar-refractivity contribution is 7.90. The molecule has 0 bridgehead atoms. The van der Waals surface area contributed by atoms with Gasteiger partial charge in [0.2, 0.25) is 0 Å². The van der Waals surface area contributed by atoms with Crippen molar-refractivity contribution >= 4 is 20.6 Å². The third-order valence-corrected chi connectivity index (χ3v) is 6.37. The van der Waals surface area contributed by atoms with Crippen molar-refractivity contribution in [1.29, 1.82) is 0 Å². The molecule has 0 aliphatic heterocycles. The van der Waals surface area contributed by atoms with E-state index in [9.17, 15) is 13.2 Å². The summed E-state index contributed by atoms with van der Waals surface area (Å²) >= 11 is 0. The van der Waals surface area contributed by atoms with Gasteiger partial charge >= 0.3 is 0 Å². The van der Waals surface area contributed by atoms with Gasteiger partial charge in [0.1, 0.15) is 5.88 Å². The Bertz CT molecular complexity index is 1410. The maximum absolute atomic E-state index is 12.9. The molecule has 3 aromatic carbocycles. The van der Waals surface area contributed by atoms with E-state index in [4.69, 9.17) is 0 Å². The summed E-state index contributed by atoms with van der Waals surface area (Å²) in [4.78, 5) is 13.1. The standard InChI is InChI=1S/C25H19NO3S/c27-25-24-18-21(11-7-10-20-8-3-1-4-9-20)14-15-22(24)16-17-26(25)19-30(28,29)23-12-5-2-6-13-23/h1-6,8-9,12-18H,10,19H2. The van der Waals surface area contributed by atoms with Crippen LogP contribution in [0.2, 0.25) is 0 Å². The Labute approximate surface area is 175 Å². The van der Waals surface area contributed by atoms with Crippen LogP contribution in [-0.2, 0) is 22.1 Å². The molecule has 1 aromatic heterocycles. The second-order valence-electron chi connectivity index (χ2n) is 6.91. The molecule has 0 amide bonds. The highest BCUT2D eigenvalue weighted by Crippen LogP contribution is 2.15. The zero-order valence-electron chi connectivity index (χ0n) is 16.2. The van der Waals surface area contributed by atoms with E-state index < -0.39 is 15.7 Å². The molecule has 4 nitrogen and oxygen atoms in total. The lowest BCUT2D eigenvalue weighted by molar-refractivity contribution is 0.582. The van der Waals surface area contributed by atoms with Crippen molar-refractivity contribution in [3.8, 4) is 11.8 Å². The topological polar surface area (TPSA) is 56.1 Å². The summed E-state index contributed by atoms with van der Waals surface area (Å²) in [6.07, 6.45) is 2.14. The fourth-order valence-electron chi connectivity index (χ4n) is 3.19. The zero-order valence-corrected chi connectivity index (χ0v) is 17.0. The first kappa shape index (κ1) is 19.7. The fourth-order valence-corrected chi connectivity index (χ4v) is 4.48. The molecule has 1 heterocycles. The average molecular weight is 413 g/mol. The Morgan fingerprint density at radius 2 is 1.53 bits per heavy atom. The van der Waals surface area contributed by atoms with Gasteiger partial charge in [0.05, 0.1) is 4.90 Å². The van der Waals surface area contributed by atoms with E-state index in [1.54, 1.807) is 30.3 Å². The van der Waals surface area contributed by atoms with Gasteiger partial charge in [-0.3, -0.25) is 9.36 Å². The molecule has 0 aliphatic rings. The number of aromatic nitrogens is 1. The van der Waals surface area contributed by atoms with Gasteiger partial charge in [-0.1, -0.05) is 66.4 Å². The molecule has 0 atom stereocenters. The van der Waals surface area contributed by atoms with Gasteiger partial charge in [-0.2, -0.15) is 0 Å². The van der Waals surface area contributed by atoms with Gasteiger partial charge in [-0.25, -0.2) is 8.42 Å². The van der Waals surface area contributed by atoms with E-state index in [0.29, 0.717) is 11.8 Å². The van der Waals surface area contributed by atoms with Gasteiger partial charge in [0.25, 0.3) is 5.56 Å². The van der Waals surface area contributed by atoms with Crippen molar-refractivity contribution in [1.82, 2.24) is 4.57 Å². The number of pyridine rings is 1. The van der Waals surface area contributed by atoms with Crippen LogP contribution in [0.4, 0.5) is 0 Å². The van der Waals surface area contributed by atoms with Crippen molar-refractivity contribution in [3.05, 3.63) is 113 Å². The van der Waals surface area contributed by atoms with Gasteiger partial charge in [0, 0.05) is 23.6 Å². The first-order valence-electron chi connectivity index (χ1n) is 9.47. The van der Waals surface area contributed by atoms with E-state index in [2.05, 4.69) is 11.8 Å². The zero-order chi connectivity index (χ0) is 21.0. The monoisotopic (exact) mass is 413 g/mol. The summed E-state index contributed by atoms with van der Waals surface area (Å²) < 4.78 is 26.5. The van der Waals surface area contributed by atoms with Gasteiger partial charge in [-0.05, 0) is 41.3 Å². The second-order valence-corrected chi connectivity index (χ2v) is 8.87. The summed E-state index contributed by atoms with van der Waals surface area (Å²) in [7, 11) is -3.62. The minimum Gasteiger partial charge on any atom is -0.300 e. The summed E-state index contributed by atoms with van der Waals surface area (Å²) in [6, 6.07) is 25.2. The second kappa shape index (κ2) is 8.40. The summed E-state index contributed by atoms with van der Waals surface area (Å²) in [5.74, 6) is 5.80. The van der Waals surface area contributed by atoms with Crippen LogP contribution in [0.3, 0.4) is 0 Å². The van der Waals surface area contributed by atoms with Crippen LogP contribution in [0, 0.1) is 11.8 Å². The van der Waals surface area contributed by atoms with Crippen molar-refractivity contribution in [3.63, 3.8) is 0 Å². The lowest BCUT2D eigenvalue weighted by atomic mass is 10.1. The molecule has 4 rings (SSSR count). The van der Waals surface area contributed by atoms with Crippen molar-refractivity contribution in [2.45, 2.75) is 17.2 Å². The van der Waals surface area contributed by atoms with Crippen molar-refractivity contribution in [2.24, 2.45) is 0 Å². The Kier molecular flexibility index (Phi) is 5.51. The molecular formula is C25H19NO3S. The number of fused-ring (bicyclic) bond motifs is 1. The van der Waals surface area contributed by atoms with Gasteiger partial charge in [0.15, 0.2) is 9.84 Å². The molecule has 0 N–H and O–H groups in total. The van der Waals surface area contributed by atoms with Crippen LogP contribution in [0.15, 0.2) is 101 Å². The first-order valence-corrected chi connectivity index (χ1v) is 11.1. The number of hydrogen-bond acceptors (Lipinski definition) is 3. The van der Waals surface area contributed by atoms with Crippen LogP contribution < -0.4 is 5.56 Å². The third-order valence-electron chi connectivity index (χ3n) is 4.76. The lowest BCUT2D eigenvalue weighted by Crippen LogP contribution is -2.24. The number of benzene rings is 3. The van der Waals surface area contributed by atoms with Crippen LogP contribution in [0.1, 0.15) is 11.1 Å². The number of rotatable bonds is 4. The summed E-state index contributed by atoms with van der Waals surface area (Å²) in [5.41, 5.74) is 1.50. The van der Waals surface area contributed by atoms with Crippen LogP contribution in [0.5, 0.6) is 0 Å². The normalized spacial score (nSPS) is 11.1. The van der Waals surface area contributed by atoms with Crippen molar-refractivity contribution < 1.29 is 8.42 Å².